The van der Waals surface area contributed by atoms with E-state index in [1.54, 1.807) is 31.3 Å². The van der Waals surface area contributed by atoms with E-state index in [2.05, 4.69) is 4.98 Å². The normalized spacial score (nSPS) is 10.9. The second kappa shape index (κ2) is 8.48. The number of hydrogen-bond donors (Lipinski definition) is 0. The largest absolute Gasteiger partial charge is 0.494 e. The maximum Gasteiger partial charge on any atom is 0.332 e. The van der Waals surface area contributed by atoms with Crippen molar-refractivity contribution in [1.29, 1.82) is 0 Å². The molecule has 152 valence electrons. The smallest absolute Gasteiger partial charge is 0.332 e. The summed E-state index contributed by atoms with van der Waals surface area (Å²) >= 11 is 5.84. The molecule has 0 aliphatic heterocycles. The highest BCUT2D eigenvalue weighted by Crippen LogP contribution is 2.15. The lowest BCUT2D eigenvalue weighted by molar-refractivity contribution is 0.0782. The molecule has 8 nitrogen and oxygen atoms in total. The summed E-state index contributed by atoms with van der Waals surface area (Å²) in [4.78, 5) is 42.8. The number of hydrogen-bond acceptors (Lipinski definition) is 5. The van der Waals surface area contributed by atoms with E-state index >= 15 is 0 Å². The molecule has 2 heterocycles. The molecule has 1 amide bonds. The Morgan fingerprint density at radius 2 is 1.79 bits per heavy atom. The molecular formula is C20H21ClN4O4. The van der Waals surface area contributed by atoms with Gasteiger partial charge in [0.05, 0.1) is 12.0 Å². The third-order valence-electron chi connectivity index (χ3n) is 4.59. The summed E-state index contributed by atoms with van der Waals surface area (Å²) in [5, 5.41) is 0.922. The molecule has 0 N–H and O–H groups in total. The van der Waals surface area contributed by atoms with Crippen LogP contribution in [0.1, 0.15) is 16.9 Å². The van der Waals surface area contributed by atoms with Crippen LogP contribution in [0.3, 0.4) is 0 Å². The molecule has 0 radical (unpaired) electrons. The molecule has 0 saturated carbocycles. The lowest BCUT2D eigenvalue weighted by atomic mass is 10.2. The molecule has 2 aromatic heterocycles. The van der Waals surface area contributed by atoms with E-state index in [0.717, 1.165) is 4.57 Å². The molecule has 9 heteroatoms. The molecule has 0 fully saturated rings. The number of halogens is 1. The third-order valence-corrected chi connectivity index (χ3v) is 4.84. The molecule has 0 atom stereocenters. The molecule has 0 unspecified atom stereocenters. The summed E-state index contributed by atoms with van der Waals surface area (Å²) in [7, 11) is 4.59. The topological polar surface area (TPSA) is 86.4 Å². The average Bonchev–Trinajstić information content (AvgIpc) is 2.73. The van der Waals surface area contributed by atoms with E-state index in [4.69, 9.17) is 16.3 Å². The Bertz CT molecular complexity index is 1170. The van der Waals surface area contributed by atoms with Crippen molar-refractivity contribution >= 4 is 28.5 Å². The number of carbonyl (C=O) groups is 1. The maximum atomic E-state index is 12.7. The Morgan fingerprint density at radius 1 is 1.10 bits per heavy atom. The van der Waals surface area contributed by atoms with Gasteiger partial charge in [-0.2, -0.15) is 0 Å². The summed E-state index contributed by atoms with van der Waals surface area (Å²) in [6.07, 6.45) is 0.622. The van der Waals surface area contributed by atoms with Crippen LogP contribution in [-0.4, -0.2) is 45.1 Å². The maximum absolute atomic E-state index is 12.7. The van der Waals surface area contributed by atoms with Gasteiger partial charge in [-0.05, 0) is 42.8 Å². The number of nitrogens with zero attached hydrogens (tertiary/aromatic N) is 4. The van der Waals surface area contributed by atoms with Gasteiger partial charge in [-0.1, -0.05) is 11.6 Å². The first kappa shape index (κ1) is 20.6. The summed E-state index contributed by atoms with van der Waals surface area (Å²) < 4.78 is 7.89. The number of ether oxygens (including phenoxy) is 1. The van der Waals surface area contributed by atoms with Gasteiger partial charge in [0.1, 0.15) is 17.1 Å². The number of benzene rings is 1. The van der Waals surface area contributed by atoms with Crippen LogP contribution in [0.15, 0.2) is 46.0 Å². The highest BCUT2D eigenvalue weighted by Gasteiger charge is 2.16. The van der Waals surface area contributed by atoms with E-state index in [1.807, 2.05) is 0 Å². The van der Waals surface area contributed by atoms with Crippen molar-refractivity contribution in [3.05, 3.63) is 68.0 Å². The van der Waals surface area contributed by atoms with E-state index in [1.165, 1.54) is 35.7 Å². The summed E-state index contributed by atoms with van der Waals surface area (Å²) in [6, 6.07) is 10.1. The van der Waals surface area contributed by atoms with Crippen LogP contribution >= 0.6 is 11.6 Å². The first-order valence-electron chi connectivity index (χ1n) is 9.00. The highest BCUT2D eigenvalue weighted by molar-refractivity contribution is 6.30. The van der Waals surface area contributed by atoms with Crippen molar-refractivity contribution in [2.24, 2.45) is 14.1 Å². The van der Waals surface area contributed by atoms with Crippen LogP contribution in [0, 0.1) is 0 Å². The first-order chi connectivity index (χ1) is 13.8. The third kappa shape index (κ3) is 4.32. The Labute approximate surface area is 171 Å². The Morgan fingerprint density at radius 3 is 2.48 bits per heavy atom. The minimum absolute atomic E-state index is 0.168. The standard InChI is InChI=1S/C20H21ClN4O4/c1-23(11-4-12-29-14-7-5-13(21)6-8-14)19(27)16-10-9-15-17(22-16)24(2)20(28)25(3)18(15)26/h5-10H,4,11-12H2,1-3H3. The number of pyridine rings is 1. The molecule has 0 bridgehead atoms. The van der Waals surface area contributed by atoms with Gasteiger partial charge in [-0.3, -0.25) is 18.7 Å². The van der Waals surface area contributed by atoms with Gasteiger partial charge >= 0.3 is 5.69 Å². The molecule has 3 aromatic rings. The van der Waals surface area contributed by atoms with Crippen molar-refractivity contribution in [2.45, 2.75) is 6.42 Å². The number of carbonyl (C=O) groups excluding carboxylic acids is 1. The van der Waals surface area contributed by atoms with E-state index in [9.17, 15) is 14.4 Å². The zero-order chi connectivity index (χ0) is 21.1. The van der Waals surface area contributed by atoms with E-state index < -0.39 is 11.2 Å². The molecule has 29 heavy (non-hydrogen) atoms. The fourth-order valence-corrected chi connectivity index (χ4v) is 3.02. The zero-order valence-electron chi connectivity index (χ0n) is 16.4. The molecule has 0 aliphatic carbocycles. The molecule has 1 aromatic carbocycles. The minimum Gasteiger partial charge on any atom is -0.494 e. The van der Waals surface area contributed by atoms with Crippen molar-refractivity contribution in [3.8, 4) is 5.75 Å². The fraction of sp³-hybridized carbons (Fsp3) is 0.300. The summed E-state index contributed by atoms with van der Waals surface area (Å²) in [5.74, 6) is 0.411. The van der Waals surface area contributed by atoms with Crippen molar-refractivity contribution < 1.29 is 9.53 Å². The minimum atomic E-state index is -0.493. The summed E-state index contributed by atoms with van der Waals surface area (Å²) in [5.41, 5.74) is -0.583. The van der Waals surface area contributed by atoms with Gasteiger partial charge in [0, 0.05) is 32.7 Å². The first-order valence-corrected chi connectivity index (χ1v) is 9.38. The van der Waals surface area contributed by atoms with Gasteiger partial charge in [0.2, 0.25) is 0 Å². The number of aromatic nitrogens is 3. The van der Waals surface area contributed by atoms with E-state index in [-0.39, 0.29) is 22.6 Å². The molecule has 0 spiro atoms. The van der Waals surface area contributed by atoms with Crippen LogP contribution in [-0.2, 0) is 14.1 Å². The number of amides is 1. The van der Waals surface area contributed by atoms with Gasteiger partial charge < -0.3 is 9.64 Å². The zero-order valence-corrected chi connectivity index (χ0v) is 17.1. The van der Waals surface area contributed by atoms with E-state index in [0.29, 0.717) is 30.3 Å². The number of aryl methyl sites for hydroxylation is 1. The number of fused-ring (bicyclic) bond motifs is 1. The predicted molar refractivity (Wildman–Crippen MR) is 111 cm³/mol. The van der Waals surface area contributed by atoms with Crippen LogP contribution in [0.5, 0.6) is 5.75 Å². The Hall–Kier alpha value is -3.13. The number of rotatable bonds is 6. The second-order valence-corrected chi connectivity index (χ2v) is 7.09. The molecule has 0 aliphatic rings. The van der Waals surface area contributed by atoms with Gasteiger partial charge in [-0.15, -0.1) is 0 Å². The van der Waals surface area contributed by atoms with Gasteiger partial charge in [-0.25, -0.2) is 9.78 Å². The lowest BCUT2D eigenvalue weighted by Crippen LogP contribution is -2.37. The van der Waals surface area contributed by atoms with Crippen LogP contribution in [0.2, 0.25) is 5.02 Å². The highest BCUT2D eigenvalue weighted by atomic mass is 35.5. The van der Waals surface area contributed by atoms with Gasteiger partial charge in [0.25, 0.3) is 11.5 Å². The van der Waals surface area contributed by atoms with Crippen molar-refractivity contribution in [1.82, 2.24) is 19.0 Å². The second-order valence-electron chi connectivity index (χ2n) is 6.66. The lowest BCUT2D eigenvalue weighted by Gasteiger charge is -2.17. The van der Waals surface area contributed by atoms with Crippen molar-refractivity contribution in [3.63, 3.8) is 0 Å². The monoisotopic (exact) mass is 416 g/mol. The Kier molecular flexibility index (Phi) is 6.03. The quantitative estimate of drug-likeness (QED) is 0.572. The molecule has 3 rings (SSSR count). The SMILES string of the molecule is CN(CCCOc1ccc(Cl)cc1)C(=O)c1ccc2c(=O)n(C)c(=O)n(C)c2n1. The van der Waals surface area contributed by atoms with Crippen LogP contribution < -0.4 is 16.0 Å². The molecule has 0 saturated heterocycles. The average molecular weight is 417 g/mol. The van der Waals surface area contributed by atoms with Gasteiger partial charge in [0.15, 0.2) is 0 Å². The van der Waals surface area contributed by atoms with Crippen LogP contribution in [0.4, 0.5) is 0 Å². The van der Waals surface area contributed by atoms with Crippen molar-refractivity contribution in [2.75, 3.05) is 20.2 Å². The summed E-state index contributed by atoms with van der Waals surface area (Å²) in [6.45, 7) is 0.899. The van der Waals surface area contributed by atoms with Crippen LogP contribution in [0.25, 0.3) is 11.0 Å². The molecular weight excluding hydrogens is 396 g/mol. The fourth-order valence-electron chi connectivity index (χ4n) is 2.89. The predicted octanol–water partition coefficient (Wildman–Crippen LogP) is 1.83. The Balaban J connectivity index is 1.67.